The lowest BCUT2D eigenvalue weighted by Crippen LogP contribution is -2.25. The van der Waals surface area contributed by atoms with E-state index in [0.29, 0.717) is 27.5 Å². The fourth-order valence-corrected chi connectivity index (χ4v) is 2.96. The van der Waals surface area contributed by atoms with E-state index in [1.165, 1.54) is 11.3 Å². The van der Waals surface area contributed by atoms with Crippen molar-refractivity contribution in [2.45, 2.75) is 13.0 Å². The van der Waals surface area contributed by atoms with E-state index in [0.717, 1.165) is 11.3 Å². The van der Waals surface area contributed by atoms with Crippen molar-refractivity contribution < 1.29 is 4.79 Å². The van der Waals surface area contributed by atoms with Crippen molar-refractivity contribution in [2.75, 3.05) is 4.90 Å². The molecule has 0 fully saturated rings. The smallest absolute Gasteiger partial charge is 0.231 e. The standard InChI is InChI=1S/C11H7Cl2N3OS/c12-7-2-1-6-3-10(17)16(8(6)4-7)5-9-14-15-11(13)18-9/h1-2,4H,3,5H2. The van der Waals surface area contributed by atoms with Crippen molar-refractivity contribution in [2.24, 2.45) is 0 Å². The Morgan fingerprint density at radius 1 is 1.33 bits per heavy atom. The molecule has 2 heterocycles. The van der Waals surface area contributed by atoms with Gasteiger partial charge in [-0.2, -0.15) is 0 Å². The number of anilines is 1. The van der Waals surface area contributed by atoms with Crippen LogP contribution in [0.4, 0.5) is 5.69 Å². The first kappa shape index (κ1) is 11.9. The van der Waals surface area contributed by atoms with E-state index >= 15 is 0 Å². The number of hydrogen-bond acceptors (Lipinski definition) is 4. The van der Waals surface area contributed by atoms with Crippen molar-refractivity contribution in [1.82, 2.24) is 10.2 Å². The number of rotatable bonds is 2. The van der Waals surface area contributed by atoms with Gasteiger partial charge in [-0.1, -0.05) is 29.0 Å². The highest BCUT2D eigenvalue weighted by Crippen LogP contribution is 2.33. The predicted octanol–water partition coefficient (Wildman–Crippen LogP) is 2.93. The highest BCUT2D eigenvalue weighted by molar-refractivity contribution is 7.15. The summed E-state index contributed by atoms with van der Waals surface area (Å²) in [6, 6.07) is 5.46. The fraction of sp³-hybridized carbons (Fsp3) is 0.182. The molecule has 0 bridgehead atoms. The highest BCUT2D eigenvalue weighted by Gasteiger charge is 2.28. The van der Waals surface area contributed by atoms with Crippen molar-refractivity contribution >= 4 is 46.1 Å². The third kappa shape index (κ3) is 2.09. The van der Waals surface area contributed by atoms with Gasteiger partial charge in [0.2, 0.25) is 10.4 Å². The zero-order valence-corrected chi connectivity index (χ0v) is 11.4. The highest BCUT2D eigenvalue weighted by atomic mass is 35.5. The van der Waals surface area contributed by atoms with E-state index in [-0.39, 0.29) is 5.91 Å². The van der Waals surface area contributed by atoms with Gasteiger partial charge in [-0.25, -0.2) is 0 Å². The number of benzene rings is 1. The van der Waals surface area contributed by atoms with Crippen LogP contribution in [0.5, 0.6) is 0 Å². The van der Waals surface area contributed by atoms with Crippen molar-refractivity contribution in [1.29, 1.82) is 0 Å². The molecule has 92 valence electrons. The normalized spacial score (nSPS) is 14.1. The molecule has 0 N–H and O–H groups in total. The molecular formula is C11H7Cl2N3OS. The molecule has 18 heavy (non-hydrogen) atoms. The largest absolute Gasteiger partial charge is 0.305 e. The molecule has 1 amide bonds. The van der Waals surface area contributed by atoms with Crippen LogP contribution in [0.15, 0.2) is 18.2 Å². The average molecular weight is 300 g/mol. The molecule has 0 aliphatic carbocycles. The Bertz CT molecular complexity index is 629. The summed E-state index contributed by atoms with van der Waals surface area (Å²) in [6.45, 7) is 0.385. The summed E-state index contributed by atoms with van der Waals surface area (Å²) >= 11 is 13.0. The van der Waals surface area contributed by atoms with Crippen LogP contribution >= 0.6 is 34.5 Å². The Balaban J connectivity index is 1.93. The van der Waals surface area contributed by atoms with Crippen LogP contribution in [0, 0.1) is 0 Å². The zero-order valence-electron chi connectivity index (χ0n) is 9.06. The predicted molar refractivity (Wildman–Crippen MR) is 71.3 cm³/mol. The summed E-state index contributed by atoms with van der Waals surface area (Å²) in [5.74, 6) is 0.0404. The zero-order chi connectivity index (χ0) is 12.7. The molecule has 1 aromatic carbocycles. The summed E-state index contributed by atoms with van der Waals surface area (Å²) in [5, 5.41) is 8.97. The second-order valence-corrected chi connectivity index (χ2v) is 5.96. The first-order chi connectivity index (χ1) is 8.63. The van der Waals surface area contributed by atoms with E-state index in [1.54, 1.807) is 17.0 Å². The molecule has 0 saturated heterocycles. The molecule has 1 aromatic heterocycles. The minimum absolute atomic E-state index is 0.0404. The van der Waals surface area contributed by atoms with E-state index in [9.17, 15) is 4.79 Å². The van der Waals surface area contributed by atoms with Crippen LogP contribution in [0.1, 0.15) is 10.6 Å². The second kappa shape index (κ2) is 4.50. The second-order valence-electron chi connectivity index (χ2n) is 3.88. The lowest BCUT2D eigenvalue weighted by molar-refractivity contribution is -0.117. The molecule has 3 rings (SSSR count). The van der Waals surface area contributed by atoms with Crippen LogP contribution in [0.2, 0.25) is 9.49 Å². The molecule has 0 saturated carbocycles. The van der Waals surface area contributed by atoms with Crippen LogP contribution < -0.4 is 4.90 Å². The third-order valence-electron chi connectivity index (χ3n) is 2.72. The minimum atomic E-state index is 0.0404. The molecule has 0 spiro atoms. The quantitative estimate of drug-likeness (QED) is 0.856. The fourth-order valence-electron chi connectivity index (χ4n) is 1.94. The van der Waals surface area contributed by atoms with Gasteiger partial charge in [-0.3, -0.25) is 4.79 Å². The van der Waals surface area contributed by atoms with Gasteiger partial charge in [0.25, 0.3) is 0 Å². The number of amides is 1. The minimum Gasteiger partial charge on any atom is -0.305 e. The van der Waals surface area contributed by atoms with Crippen molar-refractivity contribution in [3.05, 3.63) is 38.3 Å². The first-order valence-electron chi connectivity index (χ1n) is 5.20. The Morgan fingerprint density at radius 2 is 2.17 bits per heavy atom. The van der Waals surface area contributed by atoms with Crippen LogP contribution in [0.3, 0.4) is 0 Å². The van der Waals surface area contributed by atoms with Gasteiger partial charge in [0.1, 0.15) is 5.01 Å². The number of aromatic nitrogens is 2. The Morgan fingerprint density at radius 3 is 2.89 bits per heavy atom. The molecule has 1 aliphatic rings. The van der Waals surface area contributed by atoms with Crippen molar-refractivity contribution in [3.8, 4) is 0 Å². The number of halogens is 2. The average Bonchev–Trinajstić information content (AvgIpc) is 2.86. The molecule has 0 atom stereocenters. The van der Waals surface area contributed by atoms with Gasteiger partial charge >= 0.3 is 0 Å². The molecule has 0 radical (unpaired) electrons. The van der Waals surface area contributed by atoms with E-state index in [1.807, 2.05) is 6.07 Å². The van der Waals surface area contributed by atoms with Crippen molar-refractivity contribution in [3.63, 3.8) is 0 Å². The van der Waals surface area contributed by atoms with E-state index < -0.39 is 0 Å². The van der Waals surface area contributed by atoms with Gasteiger partial charge in [0.15, 0.2) is 0 Å². The molecule has 1 aliphatic heterocycles. The van der Waals surface area contributed by atoms with Gasteiger partial charge in [-0.05, 0) is 29.3 Å². The lowest BCUT2D eigenvalue weighted by atomic mass is 10.2. The number of hydrogen-bond donors (Lipinski definition) is 0. The number of fused-ring (bicyclic) bond motifs is 1. The van der Waals surface area contributed by atoms with E-state index in [4.69, 9.17) is 23.2 Å². The summed E-state index contributed by atoms with van der Waals surface area (Å²) in [7, 11) is 0. The maximum atomic E-state index is 12.0. The van der Waals surface area contributed by atoms with Gasteiger partial charge < -0.3 is 4.90 Å². The lowest BCUT2D eigenvalue weighted by Gasteiger charge is -2.15. The Labute approximate surface area is 117 Å². The summed E-state index contributed by atoms with van der Waals surface area (Å²) < 4.78 is 0.378. The van der Waals surface area contributed by atoms with Crippen LogP contribution in [-0.2, 0) is 17.8 Å². The maximum Gasteiger partial charge on any atom is 0.231 e. The molecule has 7 heteroatoms. The maximum absolute atomic E-state index is 12.0. The first-order valence-corrected chi connectivity index (χ1v) is 6.77. The van der Waals surface area contributed by atoms with Gasteiger partial charge in [0.05, 0.1) is 13.0 Å². The SMILES string of the molecule is O=C1Cc2ccc(Cl)cc2N1Cc1nnc(Cl)s1. The van der Waals surface area contributed by atoms with Gasteiger partial charge in [-0.15, -0.1) is 10.2 Å². The number of carbonyl (C=O) groups is 1. The molecular weight excluding hydrogens is 293 g/mol. The Kier molecular flexibility index (Phi) is 2.97. The summed E-state index contributed by atoms with van der Waals surface area (Å²) in [4.78, 5) is 13.6. The van der Waals surface area contributed by atoms with Crippen LogP contribution in [-0.4, -0.2) is 16.1 Å². The van der Waals surface area contributed by atoms with Gasteiger partial charge in [0, 0.05) is 10.7 Å². The van der Waals surface area contributed by atoms with Crippen LogP contribution in [0.25, 0.3) is 0 Å². The summed E-state index contributed by atoms with van der Waals surface area (Å²) in [6.07, 6.45) is 0.402. The summed E-state index contributed by atoms with van der Waals surface area (Å²) in [5.41, 5.74) is 1.83. The molecule has 0 unspecified atom stereocenters. The molecule has 2 aromatic rings. The number of carbonyl (C=O) groups excluding carboxylic acids is 1. The molecule has 4 nitrogen and oxygen atoms in total. The Hall–Kier alpha value is -1.17. The van der Waals surface area contributed by atoms with E-state index in [2.05, 4.69) is 10.2 Å². The number of nitrogens with zero attached hydrogens (tertiary/aromatic N) is 3. The third-order valence-corrected chi connectivity index (χ3v) is 3.96. The topological polar surface area (TPSA) is 46.1 Å². The monoisotopic (exact) mass is 299 g/mol.